The number of aliphatic hydroxyl groups excluding tert-OH is 1. The van der Waals surface area contributed by atoms with Crippen LogP contribution >= 0.6 is 0 Å². The first-order valence-corrected chi connectivity index (χ1v) is 7.16. The average molecular weight is 273 g/mol. The number of hydrogen-bond acceptors (Lipinski definition) is 3. The number of aliphatic hydroxyl groups is 1. The molecule has 1 atom stereocenters. The lowest BCUT2D eigenvalue weighted by Crippen LogP contribution is -2.33. The first-order chi connectivity index (χ1) is 9.66. The zero-order valence-corrected chi connectivity index (χ0v) is 12.2. The van der Waals surface area contributed by atoms with E-state index < -0.39 is 6.10 Å². The van der Waals surface area contributed by atoms with E-state index in [9.17, 15) is 5.11 Å². The molecule has 0 bridgehead atoms. The van der Waals surface area contributed by atoms with E-state index >= 15 is 0 Å². The summed E-state index contributed by atoms with van der Waals surface area (Å²) < 4.78 is 5.75. The van der Waals surface area contributed by atoms with Crippen molar-refractivity contribution in [3.8, 4) is 5.75 Å². The third-order valence-corrected chi connectivity index (χ3v) is 3.11. The second-order valence-electron chi connectivity index (χ2n) is 5.49. The first-order valence-electron chi connectivity index (χ1n) is 7.16. The van der Waals surface area contributed by atoms with Crippen LogP contribution in [-0.4, -0.2) is 30.9 Å². The Morgan fingerprint density at radius 2 is 1.80 bits per heavy atom. The summed E-state index contributed by atoms with van der Waals surface area (Å²) in [6.45, 7) is 6.06. The first kappa shape index (κ1) is 14.8. The molecule has 108 valence electrons. The summed E-state index contributed by atoms with van der Waals surface area (Å²) in [5.74, 6) is 1.41. The quantitative estimate of drug-likeness (QED) is 0.815. The molecular weight excluding hydrogens is 250 g/mol. The zero-order valence-electron chi connectivity index (χ0n) is 12.2. The topological polar surface area (TPSA) is 41.5 Å². The van der Waals surface area contributed by atoms with Crippen LogP contribution in [0.1, 0.15) is 13.8 Å². The predicted octanol–water partition coefficient (Wildman–Crippen LogP) is 2.83. The Labute approximate surface area is 120 Å². The Morgan fingerprint density at radius 1 is 1.05 bits per heavy atom. The smallest absolute Gasteiger partial charge is 0.127 e. The van der Waals surface area contributed by atoms with Crippen molar-refractivity contribution < 1.29 is 9.84 Å². The molecule has 0 aromatic heterocycles. The van der Waals surface area contributed by atoms with Crippen molar-refractivity contribution >= 4 is 10.8 Å². The van der Waals surface area contributed by atoms with E-state index in [4.69, 9.17) is 4.74 Å². The third-order valence-electron chi connectivity index (χ3n) is 3.11. The van der Waals surface area contributed by atoms with Crippen molar-refractivity contribution in [2.24, 2.45) is 5.92 Å². The van der Waals surface area contributed by atoms with Gasteiger partial charge in [-0.25, -0.2) is 0 Å². The number of benzene rings is 2. The standard InChI is InChI=1S/C17H23NO2/c1-13(2)10-18-11-15(19)12-20-17-9-5-7-14-6-3-4-8-16(14)17/h3-9,13,15,18-19H,10-12H2,1-2H3. The molecule has 2 rings (SSSR count). The van der Waals surface area contributed by atoms with Gasteiger partial charge in [-0.3, -0.25) is 0 Å². The number of rotatable bonds is 7. The van der Waals surface area contributed by atoms with Crippen LogP contribution in [0.15, 0.2) is 42.5 Å². The van der Waals surface area contributed by atoms with Crippen molar-refractivity contribution in [3.05, 3.63) is 42.5 Å². The van der Waals surface area contributed by atoms with Crippen LogP contribution in [0.3, 0.4) is 0 Å². The van der Waals surface area contributed by atoms with Gasteiger partial charge in [0.25, 0.3) is 0 Å². The molecule has 0 aliphatic carbocycles. The van der Waals surface area contributed by atoms with Gasteiger partial charge < -0.3 is 15.2 Å². The molecule has 3 heteroatoms. The lowest BCUT2D eigenvalue weighted by Gasteiger charge is -2.15. The van der Waals surface area contributed by atoms with Crippen LogP contribution in [0.2, 0.25) is 0 Å². The fourth-order valence-corrected chi connectivity index (χ4v) is 2.11. The number of nitrogens with one attached hydrogen (secondary N) is 1. The minimum atomic E-state index is -0.493. The number of hydrogen-bond donors (Lipinski definition) is 2. The molecule has 3 nitrogen and oxygen atoms in total. The monoisotopic (exact) mass is 273 g/mol. The Kier molecular flexibility index (Phi) is 5.39. The molecule has 2 aromatic carbocycles. The van der Waals surface area contributed by atoms with E-state index in [0.717, 1.165) is 23.1 Å². The molecule has 0 spiro atoms. The van der Waals surface area contributed by atoms with Crippen molar-refractivity contribution in [1.29, 1.82) is 0 Å². The summed E-state index contributed by atoms with van der Waals surface area (Å²) in [5, 5.41) is 15.4. The molecule has 0 saturated heterocycles. The third kappa shape index (κ3) is 4.22. The highest BCUT2D eigenvalue weighted by molar-refractivity contribution is 5.88. The molecule has 0 amide bonds. The molecule has 0 fully saturated rings. The van der Waals surface area contributed by atoms with Gasteiger partial charge in [-0.15, -0.1) is 0 Å². The Balaban J connectivity index is 1.89. The molecule has 20 heavy (non-hydrogen) atoms. The summed E-state index contributed by atoms with van der Waals surface area (Å²) >= 11 is 0. The molecule has 0 heterocycles. The highest BCUT2D eigenvalue weighted by Crippen LogP contribution is 2.25. The van der Waals surface area contributed by atoms with Gasteiger partial charge in [0.05, 0.1) is 0 Å². The fourth-order valence-electron chi connectivity index (χ4n) is 2.11. The second-order valence-corrected chi connectivity index (χ2v) is 5.49. The van der Waals surface area contributed by atoms with E-state index in [1.165, 1.54) is 0 Å². The summed E-state index contributed by atoms with van der Waals surface area (Å²) in [5.41, 5.74) is 0. The lowest BCUT2D eigenvalue weighted by molar-refractivity contribution is 0.106. The van der Waals surface area contributed by atoms with Crippen molar-refractivity contribution in [2.75, 3.05) is 19.7 Å². The highest BCUT2D eigenvalue weighted by atomic mass is 16.5. The molecule has 1 unspecified atom stereocenters. The van der Waals surface area contributed by atoms with Gasteiger partial charge in [-0.05, 0) is 23.9 Å². The summed E-state index contributed by atoms with van der Waals surface area (Å²) in [7, 11) is 0. The second kappa shape index (κ2) is 7.27. The largest absolute Gasteiger partial charge is 0.490 e. The molecule has 2 aromatic rings. The molecule has 0 saturated carbocycles. The van der Waals surface area contributed by atoms with E-state index in [1.54, 1.807) is 0 Å². The maximum atomic E-state index is 9.91. The van der Waals surface area contributed by atoms with Crippen LogP contribution < -0.4 is 10.1 Å². The minimum absolute atomic E-state index is 0.305. The summed E-state index contributed by atoms with van der Waals surface area (Å²) in [6, 6.07) is 14.1. The number of ether oxygens (including phenoxy) is 1. The molecule has 0 aliphatic heterocycles. The Bertz CT molecular complexity index is 534. The Hall–Kier alpha value is -1.58. The molecule has 0 radical (unpaired) electrons. The van der Waals surface area contributed by atoms with E-state index in [2.05, 4.69) is 31.3 Å². The normalized spacial score (nSPS) is 12.8. The van der Waals surface area contributed by atoms with Crippen LogP contribution in [0.5, 0.6) is 5.75 Å². The van der Waals surface area contributed by atoms with Gasteiger partial charge in [0.15, 0.2) is 0 Å². The molecular formula is C17H23NO2. The van der Waals surface area contributed by atoms with Gasteiger partial charge in [-0.1, -0.05) is 50.2 Å². The van der Waals surface area contributed by atoms with Crippen molar-refractivity contribution in [2.45, 2.75) is 20.0 Å². The maximum absolute atomic E-state index is 9.91. The predicted molar refractivity (Wildman–Crippen MR) is 83.2 cm³/mol. The summed E-state index contributed by atoms with van der Waals surface area (Å²) in [4.78, 5) is 0. The van der Waals surface area contributed by atoms with Crippen LogP contribution in [0.25, 0.3) is 10.8 Å². The maximum Gasteiger partial charge on any atom is 0.127 e. The Morgan fingerprint density at radius 3 is 2.60 bits per heavy atom. The SMILES string of the molecule is CC(C)CNCC(O)COc1cccc2ccccc12. The lowest BCUT2D eigenvalue weighted by atomic mass is 10.1. The van der Waals surface area contributed by atoms with Crippen LogP contribution in [-0.2, 0) is 0 Å². The highest BCUT2D eigenvalue weighted by Gasteiger charge is 2.07. The van der Waals surface area contributed by atoms with Gasteiger partial charge >= 0.3 is 0 Å². The van der Waals surface area contributed by atoms with E-state index in [-0.39, 0.29) is 0 Å². The average Bonchev–Trinajstić information content (AvgIpc) is 2.44. The van der Waals surface area contributed by atoms with Crippen LogP contribution in [0.4, 0.5) is 0 Å². The van der Waals surface area contributed by atoms with Crippen molar-refractivity contribution in [1.82, 2.24) is 5.32 Å². The van der Waals surface area contributed by atoms with Gasteiger partial charge in [-0.2, -0.15) is 0 Å². The van der Waals surface area contributed by atoms with E-state index in [1.807, 2.05) is 30.3 Å². The van der Waals surface area contributed by atoms with Gasteiger partial charge in [0, 0.05) is 11.9 Å². The zero-order chi connectivity index (χ0) is 14.4. The van der Waals surface area contributed by atoms with Crippen LogP contribution in [0, 0.1) is 5.92 Å². The summed E-state index contributed by atoms with van der Waals surface area (Å²) in [6.07, 6.45) is -0.493. The van der Waals surface area contributed by atoms with Gasteiger partial charge in [0.1, 0.15) is 18.5 Å². The fraction of sp³-hybridized carbons (Fsp3) is 0.412. The van der Waals surface area contributed by atoms with Gasteiger partial charge in [0.2, 0.25) is 0 Å². The van der Waals surface area contributed by atoms with E-state index in [0.29, 0.717) is 19.1 Å². The van der Waals surface area contributed by atoms with Crippen molar-refractivity contribution in [3.63, 3.8) is 0 Å². The molecule has 0 aliphatic rings. The number of fused-ring (bicyclic) bond motifs is 1. The minimum Gasteiger partial charge on any atom is -0.490 e. The molecule has 2 N–H and O–H groups in total.